The third-order valence-electron chi connectivity index (χ3n) is 8.45. The van der Waals surface area contributed by atoms with Gasteiger partial charge in [-0.2, -0.15) is 9.97 Å². The smallest absolute Gasteiger partial charge is 0.319 e. The maximum atomic E-state index is 16.5. The predicted molar refractivity (Wildman–Crippen MR) is 153 cm³/mol. The minimum absolute atomic E-state index is 0.0226. The van der Waals surface area contributed by atoms with Crippen LogP contribution in [0.5, 0.6) is 11.8 Å². The maximum absolute atomic E-state index is 16.5. The van der Waals surface area contributed by atoms with Crippen LogP contribution in [0.3, 0.4) is 0 Å². The molecule has 2 aromatic carbocycles. The SMILES string of the molecule is CN1CCC[C@H]1COc1nc(N2C[C@H]3CC[C@@H](C2)N3)c2cnc(-c3cc(O)c(Br)c4ccccc34)c(F)c2n1. The van der Waals surface area contributed by atoms with Crippen LogP contribution >= 0.6 is 15.9 Å². The monoisotopic (exact) mass is 592 g/mol. The summed E-state index contributed by atoms with van der Waals surface area (Å²) in [6.07, 6.45) is 6.10. The molecular formula is C29H30BrFN6O2. The third-order valence-corrected chi connectivity index (χ3v) is 9.28. The summed E-state index contributed by atoms with van der Waals surface area (Å²) in [6.45, 7) is 3.09. The van der Waals surface area contributed by atoms with Gasteiger partial charge in [-0.05, 0) is 66.7 Å². The van der Waals surface area contributed by atoms with Gasteiger partial charge in [0.25, 0.3) is 0 Å². The minimum Gasteiger partial charge on any atom is -0.507 e. The summed E-state index contributed by atoms with van der Waals surface area (Å²) < 4.78 is 23.2. The Morgan fingerprint density at radius 2 is 1.87 bits per heavy atom. The van der Waals surface area contributed by atoms with Crippen molar-refractivity contribution in [2.75, 3.05) is 38.2 Å². The van der Waals surface area contributed by atoms with Crippen molar-refractivity contribution in [1.82, 2.24) is 25.2 Å². The Morgan fingerprint density at radius 1 is 1.10 bits per heavy atom. The number of likely N-dealkylation sites (N-methyl/N-ethyl adjacent to an activating group) is 1. The summed E-state index contributed by atoms with van der Waals surface area (Å²) in [5.41, 5.74) is 0.811. The number of aromatic hydroxyl groups is 1. The average Bonchev–Trinajstić information content (AvgIpc) is 3.52. The van der Waals surface area contributed by atoms with E-state index in [9.17, 15) is 5.11 Å². The Morgan fingerprint density at radius 3 is 2.62 bits per heavy atom. The zero-order chi connectivity index (χ0) is 26.7. The van der Waals surface area contributed by atoms with E-state index in [2.05, 4.69) is 48.1 Å². The number of pyridine rings is 1. The lowest BCUT2D eigenvalue weighted by Crippen LogP contribution is -2.51. The molecule has 0 amide bonds. The molecule has 7 rings (SSSR count). The number of phenolic OH excluding ortho intramolecular Hbond substituents is 1. The first-order valence-corrected chi connectivity index (χ1v) is 14.4. The lowest BCUT2D eigenvalue weighted by Gasteiger charge is -2.34. The highest BCUT2D eigenvalue weighted by molar-refractivity contribution is 9.10. The number of ether oxygens (including phenoxy) is 1. The second-order valence-corrected chi connectivity index (χ2v) is 11.7. The normalized spacial score (nSPS) is 23.3. The van der Waals surface area contributed by atoms with E-state index < -0.39 is 5.82 Å². The van der Waals surface area contributed by atoms with Crippen LogP contribution in [0, 0.1) is 5.82 Å². The number of benzene rings is 2. The van der Waals surface area contributed by atoms with Gasteiger partial charge in [-0.1, -0.05) is 24.3 Å². The standard InChI is InChI=1S/C29H30BrFN6O2/c1-36-10-4-5-18(36)15-39-29-34-27-22(28(35-29)37-13-16-8-9-17(14-37)33-16)12-32-26(25(27)31)21-11-23(38)24(30)20-7-3-2-6-19(20)21/h2-3,6-7,11-12,16-18,33,38H,4-5,8-10,13-15H2,1H3/t16-,17+,18-/m0/s1. The molecule has 10 heteroatoms. The van der Waals surface area contributed by atoms with E-state index in [4.69, 9.17) is 9.72 Å². The maximum Gasteiger partial charge on any atom is 0.319 e. The van der Waals surface area contributed by atoms with E-state index in [1.54, 1.807) is 12.3 Å². The topological polar surface area (TPSA) is 86.6 Å². The second-order valence-electron chi connectivity index (χ2n) is 10.9. The van der Waals surface area contributed by atoms with Crippen LogP contribution in [0.2, 0.25) is 0 Å². The van der Waals surface area contributed by atoms with Crippen molar-refractivity contribution < 1.29 is 14.2 Å². The molecule has 3 saturated heterocycles. The van der Waals surface area contributed by atoms with Gasteiger partial charge < -0.3 is 25.0 Å². The predicted octanol–water partition coefficient (Wildman–Crippen LogP) is 4.87. The molecule has 3 fully saturated rings. The third kappa shape index (κ3) is 4.38. The van der Waals surface area contributed by atoms with E-state index in [1.165, 1.54) is 0 Å². The number of halogens is 2. The van der Waals surface area contributed by atoms with Gasteiger partial charge in [-0.25, -0.2) is 4.39 Å². The first-order chi connectivity index (χ1) is 19.0. The Hall–Kier alpha value is -3.08. The van der Waals surface area contributed by atoms with Crippen LogP contribution in [-0.4, -0.2) is 76.4 Å². The number of piperazine rings is 1. The number of rotatable bonds is 5. The molecule has 0 aliphatic carbocycles. The Bertz CT molecular complexity index is 1570. The summed E-state index contributed by atoms with van der Waals surface area (Å²) in [7, 11) is 2.10. The van der Waals surface area contributed by atoms with E-state index >= 15 is 4.39 Å². The summed E-state index contributed by atoms with van der Waals surface area (Å²) in [5, 5.41) is 16.4. The number of aromatic nitrogens is 3. The summed E-state index contributed by atoms with van der Waals surface area (Å²) in [4.78, 5) is 18.5. The summed E-state index contributed by atoms with van der Waals surface area (Å²) in [6, 6.07) is 10.3. The first kappa shape index (κ1) is 24.9. The molecule has 39 heavy (non-hydrogen) atoms. The number of phenols is 1. The molecule has 0 radical (unpaired) electrons. The molecule has 2 aromatic heterocycles. The van der Waals surface area contributed by atoms with Crippen LogP contribution in [0.15, 0.2) is 41.0 Å². The van der Waals surface area contributed by atoms with Gasteiger partial charge in [0.15, 0.2) is 5.82 Å². The van der Waals surface area contributed by atoms with Crippen LogP contribution in [0.25, 0.3) is 32.9 Å². The van der Waals surface area contributed by atoms with E-state index in [1.807, 2.05) is 24.3 Å². The molecule has 0 spiro atoms. The average molecular weight is 594 g/mol. The van der Waals surface area contributed by atoms with Gasteiger partial charge in [0, 0.05) is 48.4 Å². The van der Waals surface area contributed by atoms with Crippen molar-refractivity contribution in [2.45, 2.75) is 43.8 Å². The quantitative estimate of drug-likeness (QED) is 0.339. The number of anilines is 1. The molecule has 3 aliphatic rings. The lowest BCUT2D eigenvalue weighted by atomic mass is 10.00. The Balaban J connectivity index is 1.36. The number of nitrogens with zero attached hydrogens (tertiary/aromatic N) is 5. The zero-order valence-electron chi connectivity index (χ0n) is 21.7. The largest absolute Gasteiger partial charge is 0.507 e. The fourth-order valence-corrected chi connectivity index (χ4v) is 6.83. The van der Waals surface area contributed by atoms with E-state index in [-0.39, 0.29) is 29.0 Å². The highest BCUT2D eigenvalue weighted by Gasteiger charge is 2.34. The van der Waals surface area contributed by atoms with E-state index in [0.717, 1.165) is 56.1 Å². The number of likely N-dealkylation sites (tertiary alicyclic amines) is 1. The molecular weight excluding hydrogens is 563 g/mol. The number of hydrogen-bond acceptors (Lipinski definition) is 8. The van der Waals surface area contributed by atoms with Crippen molar-refractivity contribution in [3.63, 3.8) is 0 Å². The zero-order valence-corrected chi connectivity index (χ0v) is 23.3. The van der Waals surface area contributed by atoms with Gasteiger partial charge >= 0.3 is 6.01 Å². The number of nitrogens with one attached hydrogen (secondary N) is 1. The van der Waals surface area contributed by atoms with Crippen LogP contribution < -0.4 is 15.0 Å². The van der Waals surface area contributed by atoms with Crippen molar-refractivity contribution in [1.29, 1.82) is 0 Å². The molecule has 3 atom stereocenters. The molecule has 4 aromatic rings. The summed E-state index contributed by atoms with van der Waals surface area (Å²) >= 11 is 3.46. The van der Waals surface area contributed by atoms with Crippen molar-refractivity contribution >= 4 is 43.4 Å². The van der Waals surface area contributed by atoms with Crippen molar-refractivity contribution in [2.24, 2.45) is 0 Å². The van der Waals surface area contributed by atoms with Gasteiger partial charge in [0.2, 0.25) is 0 Å². The Kier molecular flexibility index (Phi) is 6.28. The molecule has 2 bridgehead atoms. The fraction of sp³-hybridized carbons (Fsp3) is 0.414. The van der Waals surface area contributed by atoms with Crippen molar-refractivity contribution in [3.05, 3.63) is 46.8 Å². The first-order valence-electron chi connectivity index (χ1n) is 13.6. The van der Waals surface area contributed by atoms with Gasteiger partial charge in [-0.15, -0.1) is 0 Å². The molecule has 0 unspecified atom stereocenters. The highest BCUT2D eigenvalue weighted by Crippen LogP contribution is 2.41. The molecule has 8 nitrogen and oxygen atoms in total. The molecule has 0 saturated carbocycles. The van der Waals surface area contributed by atoms with Gasteiger partial charge in [0.05, 0.1) is 9.86 Å². The van der Waals surface area contributed by atoms with Gasteiger partial charge in [0.1, 0.15) is 29.4 Å². The summed E-state index contributed by atoms with van der Waals surface area (Å²) in [5.74, 6) is 0.132. The van der Waals surface area contributed by atoms with Crippen LogP contribution in [-0.2, 0) is 0 Å². The van der Waals surface area contributed by atoms with Crippen LogP contribution in [0.4, 0.5) is 10.2 Å². The highest BCUT2D eigenvalue weighted by atomic mass is 79.9. The molecule has 5 heterocycles. The van der Waals surface area contributed by atoms with Gasteiger partial charge in [-0.3, -0.25) is 4.98 Å². The van der Waals surface area contributed by atoms with E-state index in [0.29, 0.717) is 39.9 Å². The molecule has 3 aliphatic heterocycles. The minimum atomic E-state index is -0.552. The number of fused-ring (bicyclic) bond motifs is 4. The fourth-order valence-electron chi connectivity index (χ4n) is 6.37. The van der Waals surface area contributed by atoms with Crippen molar-refractivity contribution in [3.8, 4) is 23.0 Å². The molecule has 202 valence electrons. The number of hydrogen-bond donors (Lipinski definition) is 2. The molecule has 2 N–H and O–H groups in total. The Labute approximate surface area is 234 Å². The second kappa shape index (κ2) is 9.83. The lowest BCUT2D eigenvalue weighted by molar-refractivity contribution is 0.188. The van der Waals surface area contributed by atoms with Crippen LogP contribution in [0.1, 0.15) is 25.7 Å².